The first-order valence-electron chi connectivity index (χ1n) is 9.25. The number of hydrogen-bond acceptors (Lipinski definition) is 4. The summed E-state index contributed by atoms with van der Waals surface area (Å²) in [6.45, 7) is 3.76. The fraction of sp³-hybridized carbons (Fsp3) is 0.381. The summed E-state index contributed by atoms with van der Waals surface area (Å²) < 4.78 is 5.74. The number of carbonyl (C=O) groups excluding carboxylic acids is 2. The van der Waals surface area contributed by atoms with Gasteiger partial charge in [-0.15, -0.1) is 0 Å². The van der Waals surface area contributed by atoms with Crippen molar-refractivity contribution in [1.82, 2.24) is 15.2 Å². The van der Waals surface area contributed by atoms with Gasteiger partial charge in [0.2, 0.25) is 11.8 Å². The van der Waals surface area contributed by atoms with Crippen LogP contribution in [-0.2, 0) is 22.7 Å². The maximum absolute atomic E-state index is 12.4. The van der Waals surface area contributed by atoms with Crippen LogP contribution in [0.4, 0.5) is 0 Å². The molecule has 6 nitrogen and oxygen atoms in total. The largest absolute Gasteiger partial charge is 0.489 e. The molecule has 1 saturated heterocycles. The summed E-state index contributed by atoms with van der Waals surface area (Å²) in [7, 11) is 0. The highest BCUT2D eigenvalue weighted by Crippen LogP contribution is 2.18. The highest BCUT2D eigenvalue weighted by molar-refractivity contribution is 5.80. The minimum absolute atomic E-state index is 0.0119. The van der Waals surface area contributed by atoms with Crippen LogP contribution in [-0.4, -0.2) is 34.8 Å². The van der Waals surface area contributed by atoms with Crippen LogP contribution < -0.4 is 10.1 Å². The molecule has 1 aromatic carbocycles. The zero-order valence-electron chi connectivity index (χ0n) is 15.6. The van der Waals surface area contributed by atoms with Crippen LogP contribution in [0.15, 0.2) is 48.8 Å². The Morgan fingerprint density at radius 2 is 2.04 bits per heavy atom. The number of hydrogen-bond donors (Lipinski definition) is 1. The minimum atomic E-state index is -0.121. The molecular weight excluding hydrogens is 342 g/mol. The maximum atomic E-state index is 12.4. The van der Waals surface area contributed by atoms with Crippen molar-refractivity contribution in [1.29, 1.82) is 0 Å². The smallest absolute Gasteiger partial charge is 0.225 e. The van der Waals surface area contributed by atoms with E-state index in [0.29, 0.717) is 19.7 Å². The molecule has 0 unspecified atom stereocenters. The Morgan fingerprint density at radius 1 is 1.22 bits per heavy atom. The van der Waals surface area contributed by atoms with Gasteiger partial charge in [-0.25, -0.2) is 0 Å². The van der Waals surface area contributed by atoms with Gasteiger partial charge < -0.3 is 15.0 Å². The highest BCUT2D eigenvalue weighted by Gasteiger charge is 2.26. The lowest BCUT2D eigenvalue weighted by Crippen LogP contribution is -2.44. The fourth-order valence-electron chi connectivity index (χ4n) is 3.16. The topological polar surface area (TPSA) is 71.5 Å². The van der Waals surface area contributed by atoms with Gasteiger partial charge >= 0.3 is 0 Å². The number of rotatable bonds is 6. The van der Waals surface area contributed by atoms with Crippen molar-refractivity contribution in [2.75, 3.05) is 13.1 Å². The van der Waals surface area contributed by atoms with Crippen LogP contribution in [0.25, 0.3) is 0 Å². The van der Waals surface area contributed by atoms with Crippen molar-refractivity contribution >= 4 is 11.8 Å². The Labute approximate surface area is 159 Å². The average Bonchev–Trinajstić information content (AvgIpc) is 2.72. The zero-order valence-corrected chi connectivity index (χ0v) is 15.6. The first kappa shape index (κ1) is 18.9. The molecule has 1 atom stereocenters. The van der Waals surface area contributed by atoms with Crippen molar-refractivity contribution in [3.05, 3.63) is 59.9 Å². The molecule has 1 aromatic heterocycles. The Hall–Kier alpha value is -2.89. The van der Waals surface area contributed by atoms with E-state index in [1.165, 1.54) is 0 Å². The molecule has 3 rings (SSSR count). The lowest BCUT2D eigenvalue weighted by Gasteiger charge is -2.31. The lowest BCUT2D eigenvalue weighted by molar-refractivity contribution is -0.134. The van der Waals surface area contributed by atoms with E-state index in [9.17, 15) is 9.59 Å². The van der Waals surface area contributed by atoms with Crippen LogP contribution in [0.1, 0.15) is 30.9 Å². The molecule has 2 aromatic rings. The van der Waals surface area contributed by atoms with Crippen LogP contribution in [0, 0.1) is 5.92 Å². The fourth-order valence-corrected chi connectivity index (χ4v) is 3.16. The van der Waals surface area contributed by atoms with Gasteiger partial charge in [0.25, 0.3) is 0 Å². The Kier molecular flexibility index (Phi) is 6.41. The van der Waals surface area contributed by atoms with Gasteiger partial charge in [0.15, 0.2) is 0 Å². The third-order valence-electron chi connectivity index (χ3n) is 4.76. The Morgan fingerprint density at radius 3 is 2.74 bits per heavy atom. The molecule has 1 aliphatic rings. The maximum Gasteiger partial charge on any atom is 0.225 e. The first-order valence-corrected chi connectivity index (χ1v) is 9.25. The number of carbonyl (C=O) groups is 2. The second-order valence-electron chi connectivity index (χ2n) is 6.82. The molecule has 2 heterocycles. The molecule has 1 fully saturated rings. The van der Waals surface area contributed by atoms with Gasteiger partial charge in [0.05, 0.1) is 5.92 Å². The minimum Gasteiger partial charge on any atom is -0.489 e. The number of benzene rings is 1. The van der Waals surface area contributed by atoms with Gasteiger partial charge in [-0.05, 0) is 36.6 Å². The van der Waals surface area contributed by atoms with Crippen LogP contribution in [0.5, 0.6) is 5.75 Å². The Bertz CT molecular complexity index is 762. The zero-order chi connectivity index (χ0) is 19.1. The van der Waals surface area contributed by atoms with Crippen molar-refractivity contribution < 1.29 is 14.3 Å². The second-order valence-corrected chi connectivity index (χ2v) is 6.82. The summed E-state index contributed by atoms with van der Waals surface area (Å²) in [5.74, 6) is 0.704. The van der Waals surface area contributed by atoms with Crippen molar-refractivity contribution in [2.24, 2.45) is 5.92 Å². The van der Waals surface area contributed by atoms with Crippen molar-refractivity contribution in [3.8, 4) is 5.75 Å². The molecule has 27 heavy (non-hydrogen) atoms. The number of nitrogens with one attached hydrogen (secondary N) is 1. The molecule has 0 saturated carbocycles. The Balaban J connectivity index is 1.45. The normalized spacial score (nSPS) is 16.6. The van der Waals surface area contributed by atoms with E-state index in [0.717, 1.165) is 36.3 Å². The molecule has 0 aliphatic carbocycles. The summed E-state index contributed by atoms with van der Waals surface area (Å²) in [6, 6.07) is 11.5. The number of pyridine rings is 1. The van der Waals surface area contributed by atoms with Gasteiger partial charge in [-0.3, -0.25) is 14.6 Å². The van der Waals surface area contributed by atoms with E-state index < -0.39 is 0 Å². The number of amides is 2. The molecule has 6 heteroatoms. The molecule has 0 radical (unpaired) electrons. The summed E-state index contributed by atoms with van der Waals surface area (Å²) in [5.41, 5.74) is 2.03. The first-order chi connectivity index (χ1) is 13.1. The summed E-state index contributed by atoms with van der Waals surface area (Å²) in [6.07, 6.45) is 5.22. The quantitative estimate of drug-likeness (QED) is 0.852. The summed E-state index contributed by atoms with van der Waals surface area (Å²) >= 11 is 0. The van der Waals surface area contributed by atoms with Crippen LogP contribution in [0.2, 0.25) is 0 Å². The van der Waals surface area contributed by atoms with Crippen molar-refractivity contribution in [3.63, 3.8) is 0 Å². The van der Waals surface area contributed by atoms with E-state index >= 15 is 0 Å². The van der Waals surface area contributed by atoms with Gasteiger partial charge in [0.1, 0.15) is 12.4 Å². The van der Waals surface area contributed by atoms with Gasteiger partial charge in [-0.2, -0.15) is 0 Å². The second kappa shape index (κ2) is 9.16. The predicted octanol–water partition coefficient (Wildman–Crippen LogP) is 2.54. The summed E-state index contributed by atoms with van der Waals surface area (Å²) in [5, 5.41) is 2.98. The van der Waals surface area contributed by atoms with E-state index in [-0.39, 0.29) is 17.7 Å². The number of ether oxygens (including phenoxy) is 1. The van der Waals surface area contributed by atoms with Gasteiger partial charge in [-0.1, -0.05) is 18.2 Å². The van der Waals surface area contributed by atoms with E-state index in [1.807, 2.05) is 36.4 Å². The van der Waals surface area contributed by atoms with Gasteiger partial charge in [0, 0.05) is 44.5 Å². The van der Waals surface area contributed by atoms with Crippen LogP contribution >= 0.6 is 0 Å². The molecule has 0 spiro atoms. The van der Waals surface area contributed by atoms with Crippen LogP contribution in [0.3, 0.4) is 0 Å². The SMILES string of the molecule is CC(=O)N1CCC[C@H](C(=O)NCc2ccc(OCc3cccnc3)cc2)C1. The monoisotopic (exact) mass is 367 g/mol. The van der Waals surface area contributed by atoms with E-state index in [2.05, 4.69) is 10.3 Å². The van der Waals surface area contributed by atoms with E-state index in [1.54, 1.807) is 24.2 Å². The molecule has 1 aliphatic heterocycles. The number of likely N-dealkylation sites (tertiary alicyclic amines) is 1. The third kappa shape index (κ3) is 5.54. The number of nitrogens with zero attached hydrogens (tertiary/aromatic N) is 2. The predicted molar refractivity (Wildman–Crippen MR) is 102 cm³/mol. The van der Waals surface area contributed by atoms with E-state index in [4.69, 9.17) is 4.74 Å². The number of aromatic nitrogens is 1. The standard InChI is InChI=1S/C21H25N3O3/c1-16(25)24-11-3-5-19(14-24)21(26)23-13-17-6-8-20(9-7-17)27-15-18-4-2-10-22-12-18/h2,4,6-10,12,19H,3,5,11,13-15H2,1H3,(H,23,26)/t19-/m0/s1. The number of piperidine rings is 1. The summed E-state index contributed by atoms with van der Waals surface area (Å²) in [4.78, 5) is 29.7. The third-order valence-corrected chi connectivity index (χ3v) is 4.76. The molecule has 2 amide bonds. The highest BCUT2D eigenvalue weighted by atomic mass is 16.5. The molecule has 142 valence electrons. The molecular formula is C21H25N3O3. The lowest BCUT2D eigenvalue weighted by atomic mass is 9.97. The molecule has 1 N–H and O–H groups in total. The van der Waals surface area contributed by atoms with Crippen molar-refractivity contribution in [2.45, 2.75) is 32.9 Å². The molecule has 0 bridgehead atoms. The average molecular weight is 367 g/mol.